The summed E-state index contributed by atoms with van der Waals surface area (Å²) in [5.41, 5.74) is -1.65. The lowest BCUT2D eigenvalue weighted by atomic mass is 9.78. The van der Waals surface area contributed by atoms with E-state index in [0.717, 1.165) is 12.1 Å². The normalized spacial score (nSPS) is 25.1. The van der Waals surface area contributed by atoms with Crippen LogP contribution in [0.2, 0.25) is 0 Å². The van der Waals surface area contributed by atoms with Gasteiger partial charge in [-0.05, 0) is 39.8 Å². The maximum absolute atomic E-state index is 14.3. The molecule has 0 unspecified atom stereocenters. The van der Waals surface area contributed by atoms with Gasteiger partial charge < -0.3 is 14.0 Å². The third-order valence-corrected chi connectivity index (χ3v) is 3.54. The third kappa shape index (κ3) is 2.02. The van der Waals surface area contributed by atoms with Gasteiger partial charge in [-0.3, -0.25) is 0 Å². The number of rotatable bonds is 2. The van der Waals surface area contributed by atoms with Crippen molar-refractivity contribution < 1.29 is 23.9 Å². The van der Waals surface area contributed by atoms with Gasteiger partial charge in [0.1, 0.15) is 11.6 Å². The van der Waals surface area contributed by atoms with E-state index in [9.17, 15) is 4.39 Å². The van der Waals surface area contributed by atoms with Crippen molar-refractivity contribution in [1.82, 2.24) is 0 Å². The van der Waals surface area contributed by atoms with Crippen molar-refractivity contribution in [2.45, 2.75) is 38.9 Å². The van der Waals surface area contributed by atoms with Gasteiger partial charge in [-0.2, -0.15) is 0 Å². The fraction of sp³-hybridized carbons (Fsp3) is 0.538. The van der Waals surface area contributed by atoms with Crippen molar-refractivity contribution in [3.05, 3.63) is 24.0 Å². The topological polar surface area (TPSA) is 27.7 Å². The predicted octanol–water partition coefficient (Wildman–Crippen LogP) is 2.13. The van der Waals surface area contributed by atoms with Gasteiger partial charge >= 0.3 is 7.12 Å². The van der Waals surface area contributed by atoms with Gasteiger partial charge in [0.15, 0.2) is 0 Å². The summed E-state index contributed by atoms with van der Waals surface area (Å²) in [5.74, 6) is -1.13. The Kier molecular flexibility index (Phi) is 2.11. The first-order valence-electron chi connectivity index (χ1n) is 7.68. The Labute approximate surface area is 113 Å². The SMILES string of the molecule is [2H]c1ccc(F)c(B2OC(C)(C)C(C)(C)O2)c1OC([2H])([2H])[2H]. The summed E-state index contributed by atoms with van der Waals surface area (Å²) in [5, 5.41) is 0. The van der Waals surface area contributed by atoms with Gasteiger partial charge in [0.05, 0.1) is 29.2 Å². The molecule has 0 aliphatic carbocycles. The zero-order valence-electron chi connectivity index (χ0n) is 14.8. The van der Waals surface area contributed by atoms with Crippen LogP contribution in [0.5, 0.6) is 5.75 Å². The average molecular weight is 256 g/mol. The number of methoxy groups -OCH3 is 1. The first kappa shape index (κ1) is 8.94. The second kappa shape index (κ2) is 4.25. The molecule has 1 heterocycles. The summed E-state index contributed by atoms with van der Waals surface area (Å²) in [4.78, 5) is 0. The summed E-state index contributed by atoms with van der Waals surface area (Å²) in [6.07, 6.45) is 0. The molecule has 5 heteroatoms. The maximum atomic E-state index is 14.3. The highest BCUT2D eigenvalue weighted by atomic mass is 19.1. The predicted molar refractivity (Wildman–Crippen MR) is 68.7 cm³/mol. The number of halogens is 1. The molecule has 0 saturated carbocycles. The molecule has 1 aliphatic heterocycles. The smallest absolute Gasteiger partial charge is 0.497 e. The summed E-state index contributed by atoms with van der Waals surface area (Å²) >= 11 is 0. The second-order valence-corrected chi connectivity index (χ2v) is 5.26. The maximum Gasteiger partial charge on any atom is 0.501 e. The van der Waals surface area contributed by atoms with Crippen LogP contribution in [0.3, 0.4) is 0 Å². The summed E-state index contributed by atoms with van der Waals surface area (Å²) in [6.45, 7) is 7.17. The molecule has 1 aliphatic rings. The van der Waals surface area contributed by atoms with Crippen LogP contribution in [0.25, 0.3) is 0 Å². The van der Waals surface area contributed by atoms with E-state index in [0.29, 0.717) is 0 Å². The van der Waals surface area contributed by atoms with Crippen LogP contribution in [0, 0.1) is 5.82 Å². The van der Waals surface area contributed by atoms with E-state index in [2.05, 4.69) is 0 Å². The minimum Gasteiger partial charge on any atom is -0.497 e. The monoisotopic (exact) mass is 256 g/mol. The minimum absolute atomic E-state index is 0.206. The molecular weight excluding hydrogens is 234 g/mol. The lowest BCUT2D eigenvalue weighted by molar-refractivity contribution is 0.00578. The molecule has 0 spiro atoms. The van der Waals surface area contributed by atoms with Crippen LogP contribution in [-0.4, -0.2) is 25.4 Å². The number of ether oxygens (including phenoxy) is 1. The van der Waals surface area contributed by atoms with Crippen molar-refractivity contribution in [3.63, 3.8) is 0 Å². The van der Waals surface area contributed by atoms with Gasteiger partial charge in [-0.1, -0.05) is 6.07 Å². The zero-order valence-corrected chi connectivity index (χ0v) is 10.8. The molecule has 0 aromatic heterocycles. The highest BCUT2D eigenvalue weighted by molar-refractivity contribution is 6.63. The van der Waals surface area contributed by atoms with Crippen LogP contribution in [-0.2, 0) is 9.31 Å². The molecule has 0 amide bonds. The molecule has 1 fully saturated rings. The highest BCUT2D eigenvalue weighted by Crippen LogP contribution is 2.37. The lowest BCUT2D eigenvalue weighted by Crippen LogP contribution is -2.41. The molecule has 0 radical (unpaired) electrons. The molecule has 0 N–H and O–H groups in total. The Balaban J connectivity index is 2.50. The number of benzene rings is 1. The van der Waals surface area contributed by atoms with Gasteiger partial charge in [0, 0.05) is 0 Å². The molecule has 1 saturated heterocycles. The molecular formula is C13H18BFO3. The standard InChI is InChI=1S/C13H18BFO3/c1-12(2)13(3,4)18-14(17-12)11-9(15)7-6-8-10(11)16-5/h6-8H,1-5H3/i5D3,8D. The average Bonchev–Trinajstić information content (AvgIpc) is 2.51. The first-order valence-corrected chi connectivity index (χ1v) is 5.68. The van der Waals surface area contributed by atoms with Crippen molar-refractivity contribution in [3.8, 4) is 5.75 Å². The van der Waals surface area contributed by atoms with Crippen molar-refractivity contribution >= 4 is 12.6 Å². The molecule has 3 nitrogen and oxygen atoms in total. The van der Waals surface area contributed by atoms with E-state index in [-0.39, 0.29) is 11.5 Å². The molecule has 1 aromatic rings. The van der Waals surface area contributed by atoms with Crippen LogP contribution in [0.4, 0.5) is 4.39 Å². The van der Waals surface area contributed by atoms with E-state index in [1.807, 2.05) is 0 Å². The van der Waals surface area contributed by atoms with E-state index in [4.69, 9.17) is 19.5 Å². The molecule has 18 heavy (non-hydrogen) atoms. The quantitative estimate of drug-likeness (QED) is 0.759. The largest absolute Gasteiger partial charge is 0.501 e. The summed E-state index contributed by atoms with van der Waals surface area (Å²) < 4.78 is 59.9. The Morgan fingerprint density at radius 3 is 2.50 bits per heavy atom. The van der Waals surface area contributed by atoms with Gasteiger partial charge in [0.25, 0.3) is 0 Å². The van der Waals surface area contributed by atoms with E-state index >= 15 is 0 Å². The Hall–Kier alpha value is -1.07. The molecule has 2 rings (SSSR count). The molecule has 98 valence electrons. The van der Waals surface area contributed by atoms with E-state index in [1.165, 1.54) is 0 Å². The zero-order chi connectivity index (χ0) is 16.9. The van der Waals surface area contributed by atoms with Crippen molar-refractivity contribution in [2.75, 3.05) is 7.04 Å². The van der Waals surface area contributed by atoms with Crippen molar-refractivity contribution in [2.24, 2.45) is 0 Å². The molecule has 0 bridgehead atoms. The van der Waals surface area contributed by atoms with Gasteiger partial charge in [-0.15, -0.1) is 0 Å². The van der Waals surface area contributed by atoms with E-state index < -0.39 is 36.9 Å². The fourth-order valence-electron chi connectivity index (χ4n) is 1.73. The lowest BCUT2D eigenvalue weighted by Gasteiger charge is -2.32. The number of hydrogen-bond donors (Lipinski definition) is 0. The summed E-state index contributed by atoms with van der Waals surface area (Å²) in [7, 11) is -3.95. The van der Waals surface area contributed by atoms with Crippen LogP contribution >= 0.6 is 0 Å². The van der Waals surface area contributed by atoms with Gasteiger partial charge in [-0.25, -0.2) is 4.39 Å². The number of hydrogen-bond acceptors (Lipinski definition) is 3. The van der Waals surface area contributed by atoms with E-state index in [1.54, 1.807) is 27.7 Å². The Morgan fingerprint density at radius 2 is 1.94 bits per heavy atom. The first-order chi connectivity index (χ1) is 9.84. The third-order valence-electron chi connectivity index (χ3n) is 3.54. The Morgan fingerprint density at radius 1 is 1.33 bits per heavy atom. The van der Waals surface area contributed by atoms with Crippen molar-refractivity contribution in [1.29, 1.82) is 0 Å². The van der Waals surface area contributed by atoms with Crippen LogP contribution in [0.15, 0.2) is 18.2 Å². The van der Waals surface area contributed by atoms with Crippen LogP contribution in [0.1, 0.15) is 33.2 Å². The summed E-state index contributed by atoms with van der Waals surface area (Å²) in [6, 6.07) is 1.95. The fourth-order valence-corrected chi connectivity index (χ4v) is 1.73. The molecule has 0 atom stereocenters. The second-order valence-electron chi connectivity index (χ2n) is 5.26. The van der Waals surface area contributed by atoms with Crippen LogP contribution < -0.4 is 10.2 Å². The molecule has 1 aromatic carbocycles. The highest BCUT2D eigenvalue weighted by Gasteiger charge is 2.53. The Bertz CT molecular complexity index is 573. The van der Waals surface area contributed by atoms with Gasteiger partial charge in [0.2, 0.25) is 0 Å². The minimum atomic E-state index is -2.80.